The summed E-state index contributed by atoms with van der Waals surface area (Å²) in [4.78, 5) is 64.5. The standard InChI is InChI=1S/C33H39N7O6S/c1-39-24(11-13-34-39)28-36-22-12-14-47-27(22)30(37-28)46-21-16-25-29(42)38-33(32(44)45)17-20(33)7-5-3-2-4-6-8-23(31(43)40(25)18-21)35-26(41)15-19-9-10-19/h5,7,11-14,19-21,23,25H,2-4,6,8-10,15-18H2,1H3,(H,35,41)(H,38,42)(H,44,45)/b7-5-/t20-,21-,23+,25+,33-/m1/s1. The second kappa shape index (κ2) is 12.7. The molecule has 47 heavy (non-hydrogen) atoms. The van der Waals surface area contributed by atoms with E-state index < -0.39 is 35.6 Å². The van der Waals surface area contributed by atoms with Gasteiger partial charge in [0.25, 0.3) is 0 Å². The third kappa shape index (κ3) is 6.47. The molecule has 0 spiro atoms. The molecule has 1 saturated heterocycles. The van der Waals surface area contributed by atoms with E-state index in [2.05, 4.69) is 20.7 Å². The molecule has 0 bridgehead atoms. The van der Waals surface area contributed by atoms with Crippen LogP contribution in [0, 0.1) is 11.8 Å². The van der Waals surface area contributed by atoms with E-state index in [0.29, 0.717) is 48.1 Å². The summed E-state index contributed by atoms with van der Waals surface area (Å²) in [7, 11) is 1.80. The second-order valence-electron chi connectivity index (χ2n) is 13.2. The Morgan fingerprint density at radius 2 is 2.02 bits per heavy atom. The SMILES string of the molecule is Cn1nccc1-c1nc(O[C@@H]2C[C@H]3C(=O)N[C@]4(C(=O)O)C[C@H]4/C=C\CCCCC[C@H](NC(=O)CC4CC4)C(=O)N3C2)c2sccc2n1. The molecule has 0 radical (unpaired) electrons. The predicted molar refractivity (Wildman–Crippen MR) is 172 cm³/mol. The molecule has 2 aliphatic carbocycles. The molecule has 5 atom stereocenters. The Kier molecular flexibility index (Phi) is 8.45. The van der Waals surface area contributed by atoms with Crippen molar-refractivity contribution < 1.29 is 29.0 Å². The third-order valence-corrected chi connectivity index (χ3v) is 10.6. The second-order valence-corrected chi connectivity index (χ2v) is 14.1. The molecule has 3 aromatic heterocycles. The van der Waals surface area contributed by atoms with E-state index in [-0.39, 0.29) is 30.7 Å². The average molecular weight is 662 g/mol. The van der Waals surface area contributed by atoms with Crippen molar-refractivity contribution in [1.29, 1.82) is 0 Å². The number of nitrogens with zero attached hydrogens (tertiary/aromatic N) is 5. The van der Waals surface area contributed by atoms with Crippen molar-refractivity contribution in [2.45, 2.75) is 87.9 Å². The summed E-state index contributed by atoms with van der Waals surface area (Å²) in [6.45, 7) is 0.0766. The van der Waals surface area contributed by atoms with E-state index in [9.17, 15) is 24.3 Å². The minimum absolute atomic E-state index is 0.0766. The lowest BCUT2D eigenvalue weighted by molar-refractivity contribution is -0.146. The van der Waals surface area contributed by atoms with Crippen LogP contribution in [0.4, 0.5) is 0 Å². The molecule has 13 nitrogen and oxygen atoms in total. The van der Waals surface area contributed by atoms with Gasteiger partial charge in [0.1, 0.15) is 34.1 Å². The van der Waals surface area contributed by atoms with Crippen molar-refractivity contribution in [3.63, 3.8) is 0 Å². The minimum Gasteiger partial charge on any atom is -0.479 e. The molecule has 3 fully saturated rings. The predicted octanol–water partition coefficient (Wildman–Crippen LogP) is 3.20. The van der Waals surface area contributed by atoms with Crippen molar-refractivity contribution in [1.82, 2.24) is 35.3 Å². The number of fused-ring (bicyclic) bond motifs is 3. The number of aryl methyl sites for hydroxylation is 1. The summed E-state index contributed by atoms with van der Waals surface area (Å²) in [5, 5.41) is 22.1. The maximum Gasteiger partial charge on any atom is 0.330 e. The van der Waals surface area contributed by atoms with E-state index >= 15 is 0 Å². The topological polar surface area (TPSA) is 169 Å². The van der Waals surface area contributed by atoms with Crippen LogP contribution in [0.1, 0.15) is 64.2 Å². The van der Waals surface area contributed by atoms with Crippen LogP contribution in [0.3, 0.4) is 0 Å². The van der Waals surface area contributed by atoms with Crippen molar-refractivity contribution in [3.8, 4) is 17.4 Å². The minimum atomic E-state index is -1.41. The lowest BCUT2D eigenvalue weighted by Gasteiger charge is -2.29. The van der Waals surface area contributed by atoms with Crippen molar-refractivity contribution in [2.75, 3.05) is 6.54 Å². The van der Waals surface area contributed by atoms with Crippen LogP contribution in [-0.2, 0) is 26.2 Å². The number of amides is 3. The molecule has 7 rings (SSSR count). The van der Waals surface area contributed by atoms with E-state index in [0.717, 1.165) is 43.2 Å². The van der Waals surface area contributed by atoms with Gasteiger partial charge in [-0.1, -0.05) is 25.0 Å². The number of aromatic nitrogens is 4. The first-order valence-corrected chi connectivity index (χ1v) is 17.3. The molecule has 2 aliphatic heterocycles. The first kappa shape index (κ1) is 31.3. The Morgan fingerprint density at radius 3 is 2.79 bits per heavy atom. The Balaban J connectivity index is 1.19. The number of carbonyl (C=O) groups excluding carboxylic acids is 3. The van der Waals surface area contributed by atoms with Crippen LogP contribution in [-0.4, -0.2) is 83.7 Å². The highest BCUT2D eigenvalue weighted by molar-refractivity contribution is 7.17. The van der Waals surface area contributed by atoms with Gasteiger partial charge in [-0.25, -0.2) is 9.78 Å². The van der Waals surface area contributed by atoms with Crippen LogP contribution in [0.25, 0.3) is 21.7 Å². The number of rotatable bonds is 7. The van der Waals surface area contributed by atoms with Crippen LogP contribution >= 0.6 is 11.3 Å². The van der Waals surface area contributed by atoms with Crippen molar-refractivity contribution in [2.24, 2.45) is 18.9 Å². The highest BCUT2D eigenvalue weighted by Crippen LogP contribution is 2.45. The van der Waals surface area contributed by atoms with E-state index in [1.807, 2.05) is 29.7 Å². The van der Waals surface area contributed by atoms with E-state index in [4.69, 9.17) is 9.72 Å². The van der Waals surface area contributed by atoms with Gasteiger partial charge in [-0.15, -0.1) is 11.3 Å². The molecule has 0 aromatic carbocycles. The fourth-order valence-corrected chi connectivity index (χ4v) is 7.53. The number of thiophene rings is 1. The zero-order valence-corrected chi connectivity index (χ0v) is 27.1. The fraction of sp³-hybridized carbons (Fsp3) is 0.545. The first-order valence-electron chi connectivity index (χ1n) is 16.4. The van der Waals surface area contributed by atoms with Crippen LogP contribution < -0.4 is 15.4 Å². The van der Waals surface area contributed by atoms with Crippen LogP contribution in [0.5, 0.6) is 5.88 Å². The average Bonchev–Trinajstić information content (AvgIpc) is 3.76. The number of allylic oxidation sites excluding steroid dienone is 1. The molecule has 3 N–H and O–H groups in total. The van der Waals surface area contributed by atoms with Gasteiger partial charge >= 0.3 is 5.97 Å². The number of ether oxygens (including phenoxy) is 1. The molecular formula is C33H39N7O6S. The monoisotopic (exact) mass is 661 g/mol. The summed E-state index contributed by atoms with van der Waals surface area (Å²) >= 11 is 1.43. The maximum atomic E-state index is 14.3. The largest absolute Gasteiger partial charge is 0.479 e. The summed E-state index contributed by atoms with van der Waals surface area (Å²) in [5.41, 5.74) is -0.00601. The summed E-state index contributed by atoms with van der Waals surface area (Å²) in [5.74, 6) is -1.34. The Morgan fingerprint density at radius 1 is 1.17 bits per heavy atom. The van der Waals surface area contributed by atoms with Crippen molar-refractivity contribution >= 4 is 45.2 Å². The zero-order chi connectivity index (χ0) is 32.7. The number of carboxylic acids is 1. The number of hydrogen-bond donors (Lipinski definition) is 3. The number of carboxylic acid groups (broad SMARTS) is 1. The lowest BCUT2D eigenvalue weighted by Crippen LogP contribution is -2.56. The van der Waals surface area contributed by atoms with Gasteiger partial charge in [0.15, 0.2) is 5.82 Å². The number of aliphatic carboxylic acids is 1. The molecule has 5 heterocycles. The highest BCUT2D eigenvalue weighted by atomic mass is 32.1. The lowest BCUT2D eigenvalue weighted by atomic mass is 10.0. The van der Waals surface area contributed by atoms with Gasteiger partial charge < -0.3 is 25.4 Å². The summed E-state index contributed by atoms with van der Waals surface area (Å²) < 4.78 is 8.90. The number of nitrogens with one attached hydrogen (secondary N) is 2. The van der Waals surface area contributed by atoms with Gasteiger partial charge in [0.05, 0.1) is 12.1 Å². The molecular weight excluding hydrogens is 622 g/mol. The summed E-state index contributed by atoms with van der Waals surface area (Å²) in [6, 6.07) is 1.91. The number of hydrogen-bond acceptors (Lipinski definition) is 9. The zero-order valence-electron chi connectivity index (χ0n) is 26.3. The Bertz CT molecular complexity index is 1730. The molecule has 2 saturated carbocycles. The molecule has 14 heteroatoms. The van der Waals surface area contributed by atoms with Crippen LogP contribution in [0.15, 0.2) is 35.9 Å². The molecule has 3 amide bonds. The maximum absolute atomic E-state index is 14.3. The Hall–Kier alpha value is -4.33. The fourth-order valence-electron chi connectivity index (χ4n) is 6.77. The smallest absolute Gasteiger partial charge is 0.330 e. The normalized spacial score (nSPS) is 28.8. The van der Waals surface area contributed by atoms with Gasteiger partial charge in [-0.05, 0) is 62.0 Å². The van der Waals surface area contributed by atoms with Gasteiger partial charge in [-0.2, -0.15) is 10.1 Å². The molecule has 0 unspecified atom stereocenters. The quantitative estimate of drug-likeness (QED) is 0.322. The van der Waals surface area contributed by atoms with E-state index in [1.54, 1.807) is 17.9 Å². The molecule has 3 aromatic rings. The van der Waals surface area contributed by atoms with Gasteiger partial charge in [-0.3, -0.25) is 19.1 Å². The first-order chi connectivity index (χ1) is 22.7. The van der Waals surface area contributed by atoms with E-state index in [1.165, 1.54) is 16.2 Å². The van der Waals surface area contributed by atoms with Gasteiger partial charge in [0.2, 0.25) is 23.6 Å². The number of carbonyl (C=O) groups is 4. The third-order valence-electron chi connectivity index (χ3n) is 9.73. The highest BCUT2D eigenvalue weighted by Gasteiger charge is 2.61. The summed E-state index contributed by atoms with van der Waals surface area (Å²) in [6.07, 6.45) is 11.5. The molecule has 4 aliphatic rings. The van der Waals surface area contributed by atoms with Crippen molar-refractivity contribution in [3.05, 3.63) is 35.9 Å². The van der Waals surface area contributed by atoms with Crippen LogP contribution in [0.2, 0.25) is 0 Å². The van der Waals surface area contributed by atoms with Gasteiger partial charge in [0, 0.05) is 32.0 Å². The molecule has 248 valence electrons. The Labute approximate surface area is 275 Å².